The molecule has 0 saturated heterocycles. The summed E-state index contributed by atoms with van der Waals surface area (Å²) in [6.07, 6.45) is 12.5. The van der Waals surface area contributed by atoms with Gasteiger partial charge in [-0.2, -0.15) is 0 Å². The van der Waals surface area contributed by atoms with Crippen molar-refractivity contribution in [1.82, 2.24) is 14.5 Å². The van der Waals surface area contributed by atoms with Crippen LogP contribution in [0.15, 0.2) is 12.4 Å². The molecule has 1 atom stereocenters. The molecule has 4 heteroatoms. The van der Waals surface area contributed by atoms with E-state index in [4.69, 9.17) is 0 Å². The molecule has 1 heterocycles. The van der Waals surface area contributed by atoms with Crippen molar-refractivity contribution in [1.29, 1.82) is 0 Å². The van der Waals surface area contributed by atoms with Crippen LogP contribution in [0.1, 0.15) is 57.7 Å². The summed E-state index contributed by atoms with van der Waals surface area (Å²) < 4.78 is 2.18. The maximum Gasteiger partial charge on any atom is 0.111 e. The summed E-state index contributed by atoms with van der Waals surface area (Å²) in [4.78, 5) is 6.73. The van der Waals surface area contributed by atoms with Gasteiger partial charge in [0.25, 0.3) is 0 Å². The fourth-order valence-electron chi connectivity index (χ4n) is 3.76. The molecule has 2 rings (SSSR count). The Labute approximate surface area is 129 Å². The average Bonchev–Trinajstić information content (AvgIpc) is 2.75. The number of hydrogen-bond acceptors (Lipinski definition) is 3. The van der Waals surface area contributed by atoms with Gasteiger partial charge in [0.1, 0.15) is 5.82 Å². The zero-order valence-electron chi connectivity index (χ0n) is 13.9. The van der Waals surface area contributed by atoms with Gasteiger partial charge in [-0.3, -0.25) is 0 Å². The van der Waals surface area contributed by atoms with E-state index in [1.807, 2.05) is 12.4 Å². The summed E-state index contributed by atoms with van der Waals surface area (Å²) in [5.41, 5.74) is -0.0838. The Morgan fingerprint density at radius 3 is 2.52 bits per heavy atom. The van der Waals surface area contributed by atoms with Crippen molar-refractivity contribution >= 4 is 0 Å². The number of aliphatic hydroxyl groups excluding tert-OH is 1. The summed E-state index contributed by atoms with van der Waals surface area (Å²) in [5, 5.41) is 11.0. The van der Waals surface area contributed by atoms with E-state index >= 15 is 0 Å². The van der Waals surface area contributed by atoms with E-state index in [9.17, 15) is 5.11 Å². The number of aliphatic hydroxyl groups is 1. The third kappa shape index (κ3) is 3.67. The van der Waals surface area contributed by atoms with Crippen LogP contribution in [-0.2, 0) is 13.0 Å². The monoisotopic (exact) mass is 293 g/mol. The van der Waals surface area contributed by atoms with Crippen LogP contribution in [0, 0.1) is 0 Å². The van der Waals surface area contributed by atoms with Gasteiger partial charge in [0.15, 0.2) is 0 Å². The molecule has 1 aliphatic carbocycles. The minimum atomic E-state index is -0.344. The lowest BCUT2D eigenvalue weighted by molar-refractivity contribution is -0.0188. The molecular weight excluding hydrogens is 262 g/mol. The fourth-order valence-corrected chi connectivity index (χ4v) is 3.76. The number of rotatable bonds is 6. The minimum Gasteiger partial charge on any atom is -0.391 e. The molecule has 1 unspecified atom stereocenters. The van der Waals surface area contributed by atoms with Crippen LogP contribution in [-0.4, -0.2) is 45.3 Å². The first kappa shape index (κ1) is 16.5. The van der Waals surface area contributed by atoms with E-state index in [1.165, 1.54) is 25.7 Å². The maximum absolute atomic E-state index is 11.0. The molecule has 120 valence electrons. The first-order valence-electron chi connectivity index (χ1n) is 8.45. The van der Waals surface area contributed by atoms with E-state index in [2.05, 4.69) is 35.5 Å². The van der Waals surface area contributed by atoms with E-state index in [-0.39, 0.29) is 11.6 Å². The molecule has 1 saturated carbocycles. The number of aryl methyl sites for hydroxylation is 1. The van der Waals surface area contributed by atoms with Crippen molar-refractivity contribution in [3.8, 4) is 0 Å². The quantitative estimate of drug-likeness (QED) is 0.820. The van der Waals surface area contributed by atoms with Gasteiger partial charge in [0.2, 0.25) is 0 Å². The smallest absolute Gasteiger partial charge is 0.111 e. The number of aromatic nitrogens is 2. The largest absolute Gasteiger partial charge is 0.391 e. The molecule has 0 aromatic carbocycles. The van der Waals surface area contributed by atoms with Crippen molar-refractivity contribution < 1.29 is 5.11 Å². The zero-order valence-corrected chi connectivity index (χ0v) is 13.9. The molecule has 1 fully saturated rings. The lowest BCUT2D eigenvalue weighted by Crippen LogP contribution is -2.54. The summed E-state index contributed by atoms with van der Waals surface area (Å²) >= 11 is 0. The summed E-state index contributed by atoms with van der Waals surface area (Å²) in [5.74, 6) is 1.02. The van der Waals surface area contributed by atoms with Crippen molar-refractivity contribution in [2.75, 3.05) is 14.1 Å². The van der Waals surface area contributed by atoms with Crippen LogP contribution in [0.4, 0.5) is 0 Å². The molecule has 1 N–H and O–H groups in total. The highest BCUT2D eigenvalue weighted by atomic mass is 16.3. The predicted octanol–water partition coefficient (Wildman–Crippen LogP) is 2.85. The van der Waals surface area contributed by atoms with Crippen LogP contribution >= 0.6 is 0 Å². The Morgan fingerprint density at radius 1 is 1.29 bits per heavy atom. The molecule has 0 bridgehead atoms. The van der Waals surface area contributed by atoms with Crippen molar-refractivity contribution in [2.24, 2.45) is 0 Å². The first-order valence-corrected chi connectivity index (χ1v) is 8.45. The van der Waals surface area contributed by atoms with Gasteiger partial charge in [-0.1, -0.05) is 32.6 Å². The van der Waals surface area contributed by atoms with Gasteiger partial charge in [-0.05, 0) is 33.4 Å². The van der Waals surface area contributed by atoms with Gasteiger partial charge >= 0.3 is 0 Å². The minimum absolute atomic E-state index is 0.0838. The summed E-state index contributed by atoms with van der Waals surface area (Å²) in [6, 6.07) is 0. The Hall–Kier alpha value is -0.870. The Morgan fingerprint density at radius 2 is 1.95 bits per heavy atom. The normalized spacial score (nSPS) is 20.4. The molecule has 1 aliphatic rings. The summed E-state index contributed by atoms with van der Waals surface area (Å²) in [6.45, 7) is 3.16. The Balaban J connectivity index is 2.14. The van der Waals surface area contributed by atoms with E-state index in [0.717, 1.165) is 31.6 Å². The Kier molecular flexibility index (Phi) is 5.82. The Bertz CT molecular complexity index is 419. The summed E-state index contributed by atoms with van der Waals surface area (Å²) in [7, 11) is 4.24. The fraction of sp³-hybridized carbons (Fsp3) is 0.824. The standard InChI is InChI=1S/C17H31N3O/c1-4-12-20-13-11-18-16(20)14-15(21)17(19(2)3)9-7-5-6-8-10-17/h11,13,15,21H,4-10,12,14H2,1-3H3. The highest BCUT2D eigenvalue weighted by Gasteiger charge is 2.40. The van der Waals surface area contributed by atoms with Gasteiger partial charge in [-0.25, -0.2) is 4.98 Å². The predicted molar refractivity (Wildman–Crippen MR) is 86.3 cm³/mol. The second kappa shape index (κ2) is 7.41. The van der Waals surface area contributed by atoms with Crippen LogP contribution in [0.5, 0.6) is 0 Å². The van der Waals surface area contributed by atoms with Crippen LogP contribution in [0.3, 0.4) is 0 Å². The molecule has 1 aromatic heterocycles. The van der Waals surface area contributed by atoms with E-state index < -0.39 is 0 Å². The maximum atomic E-state index is 11.0. The third-order valence-electron chi connectivity index (χ3n) is 5.12. The molecule has 0 spiro atoms. The zero-order chi connectivity index (χ0) is 15.3. The lowest BCUT2D eigenvalue weighted by atomic mass is 9.81. The van der Waals surface area contributed by atoms with Gasteiger partial charge in [0.05, 0.1) is 6.10 Å². The van der Waals surface area contributed by atoms with Crippen molar-refractivity contribution in [3.05, 3.63) is 18.2 Å². The average molecular weight is 293 g/mol. The lowest BCUT2D eigenvalue weighted by Gasteiger charge is -2.43. The number of nitrogens with zero attached hydrogens (tertiary/aromatic N) is 3. The van der Waals surface area contributed by atoms with E-state index in [0.29, 0.717) is 6.42 Å². The van der Waals surface area contributed by atoms with Crippen LogP contribution in [0.2, 0.25) is 0 Å². The number of imidazole rings is 1. The molecule has 0 radical (unpaired) electrons. The van der Waals surface area contributed by atoms with Crippen molar-refractivity contribution in [3.63, 3.8) is 0 Å². The molecule has 21 heavy (non-hydrogen) atoms. The van der Waals surface area contributed by atoms with Crippen LogP contribution < -0.4 is 0 Å². The topological polar surface area (TPSA) is 41.3 Å². The molecule has 1 aromatic rings. The highest BCUT2D eigenvalue weighted by molar-refractivity contribution is 5.03. The molecule has 0 aliphatic heterocycles. The SMILES string of the molecule is CCCn1ccnc1CC(O)C1(N(C)C)CCCCCC1. The molecule has 4 nitrogen and oxygen atoms in total. The number of likely N-dealkylation sites (N-methyl/N-ethyl adjacent to an activating group) is 1. The molecular formula is C17H31N3O. The van der Waals surface area contributed by atoms with Gasteiger partial charge < -0.3 is 14.6 Å². The second-order valence-corrected chi connectivity index (χ2v) is 6.67. The van der Waals surface area contributed by atoms with Crippen molar-refractivity contribution in [2.45, 2.75) is 76.5 Å². The highest BCUT2D eigenvalue weighted by Crippen LogP contribution is 2.35. The van der Waals surface area contributed by atoms with Gasteiger partial charge in [0, 0.05) is 30.9 Å². The van der Waals surface area contributed by atoms with E-state index in [1.54, 1.807) is 0 Å². The number of hydrogen-bond donors (Lipinski definition) is 1. The van der Waals surface area contributed by atoms with Gasteiger partial charge in [-0.15, -0.1) is 0 Å². The van der Waals surface area contributed by atoms with Crippen LogP contribution in [0.25, 0.3) is 0 Å². The first-order chi connectivity index (χ1) is 10.1. The molecule has 0 amide bonds. The second-order valence-electron chi connectivity index (χ2n) is 6.67. The third-order valence-corrected chi connectivity index (χ3v) is 5.12.